The molecule has 0 spiro atoms. The highest BCUT2D eigenvalue weighted by atomic mass is 16.3. The summed E-state index contributed by atoms with van der Waals surface area (Å²) >= 11 is 0. The second-order valence-corrected chi connectivity index (χ2v) is 4.16. The smallest absolute Gasteiger partial charge is 0.254 e. The van der Waals surface area contributed by atoms with Crippen molar-refractivity contribution < 1.29 is 5.11 Å². The Morgan fingerprint density at radius 2 is 2.47 bits per heavy atom. The van der Waals surface area contributed by atoms with Crippen LogP contribution in [0.25, 0.3) is 5.57 Å². The van der Waals surface area contributed by atoms with Crippen LogP contribution < -0.4 is 10.9 Å². The molecule has 0 aliphatic heterocycles. The van der Waals surface area contributed by atoms with Crippen molar-refractivity contribution in [1.82, 2.24) is 15.3 Å². The molecule has 1 atom stereocenters. The predicted octanol–water partition coefficient (Wildman–Crippen LogP) is 0.0699. The van der Waals surface area contributed by atoms with E-state index >= 15 is 0 Å². The number of fused-ring (bicyclic) bond motifs is 1. The van der Waals surface area contributed by atoms with E-state index in [1.165, 1.54) is 6.33 Å². The van der Waals surface area contributed by atoms with Crippen molar-refractivity contribution in [3.8, 4) is 0 Å². The van der Waals surface area contributed by atoms with E-state index < -0.39 is 0 Å². The minimum atomic E-state index is -0.0598. The molecule has 1 aliphatic rings. The average molecular weight is 235 g/mol. The number of nitrogens with zero attached hydrogens (tertiary/aromatic N) is 1. The molecule has 1 aromatic rings. The van der Waals surface area contributed by atoms with Gasteiger partial charge in [0.25, 0.3) is 5.56 Å². The zero-order valence-corrected chi connectivity index (χ0v) is 9.86. The summed E-state index contributed by atoms with van der Waals surface area (Å²) in [5.74, 6) is 0. The lowest BCUT2D eigenvalue weighted by Crippen LogP contribution is -2.33. The van der Waals surface area contributed by atoms with E-state index in [2.05, 4.69) is 15.3 Å². The fourth-order valence-electron chi connectivity index (χ4n) is 1.96. The molecule has 1 heterocycles. The molecule has 0 bridgehead atoms. The Morgan fingerprint density at radius 1 is 1.65 bits per heavy atom. The quantitative estimate of drug-likeness (QED) is 0.675. The van der Waals surface area contributed by atoms with Crippen LogP contribution in [0.4, 0.5) is 0 Å². The lowest BCUT2D eigenvalue weighted by Gasteiger charge is -2.14. The van der Waals surface area contributed by atoms with Crippen molar-refractivity contribution in [3.63, 3.8) is 0 Å². The molecular formula is C12H17N3O2. The Hall–Kier alpha value is -1.46. The predicted molar refractivity (Wildman–Crippen MR) is 65.7 cm³/mol. The van der Waals surface area contributed by atoms with Crippen LogP contribution in [0.1, 0.15) is 24.6 Å². The molecule has 0 radical (unpaired) electrons. The number of aromatic nitrogens is 2. The van der Waals surface area contributed by atoms with Gasteiger partial charge in [0.1, 0.15) is 0 Å². The van der Waals surface area contributed by atoms with Gasteiger partial charge >= 0.3 is 0 Å². The lowest BCUT2D eigenvalue weighted by molar-refractivity contribution is 0.243. The van der Waals surface area contributed by atoms with Gasteiger partial charge in [-0.25, -0.2) is 4.98 Å². The van der Waals surface area contributed by atoms with Crippen molar-refractivity contribution in [2.45, 2.75) is 25.8 Å². The minimum Gasteiger partial charge on any atom is -0.395 e. The Morgan fingerprint density at radius 3 is 3.18 bits per heavy atom. The molecule has 1 unspecified atom stereocenters. The number of nitrogens with one attached hydrogen (secondary N) is 2. The number of rotatable bonds is 5. The molecule has 2 rings (SSSR count). The summed E-state index contributed by atoms with van der Waals surface area (Å²) in [7, 11) is 0. The normalized spacial score (nSPS) is 15.5. The fraction of sp³-hybridized carbons (Fsp3) is 0.500. The van der Waals surface area contributed by atoms with Crippen molar-refractivity contribution in [3.05, 3.63) is 34.0 Å². The molecule has 0 amide bonds. The number of hydrogen-bond donors (Lipinski definition) is 3. The van der Waals surface area contributed by atoms with Gasteiger partial charge in [-0.1, -0.05) is 13.0 Å². The van der Waals surface area contributed by atoms with Gasteiger partial charge in [0.15, 0.2) is 0 Å². The number of aromatic amines is 1. The number of allylic oxidation sites excluding steroid dienone is 1. The van der Waals surface area contributed by atoms with E-state index in [4.69, 9.17) is 5.11 Å². The van der Waals surface area contributed by atoms with Crippen LogP contribution in [0.2, 0.25) is 0 Å². The molecule has 0 saturated heterocycles. The van der Waals surface area contributed by atoms with Gasteiger partial charge in [0, 0.05) is 18.2 Å². The first-order valence-corrected chi connectivity index (χ1v) is 5.86. The molecule has 17 heavy (non-hydrogen) atoms. The van der Waals surface area contributed by atoms with Crippen molar-refractivity contribution in [2.75, 3.05) is 13.2 Å². The molecular weight excluding hydrogens is 218 g/mol. The summed E-state index contributed by atoms with van der Waals surface area (Å²) < 4.78 is 0. The highest BCUT2D eigenvalue weighted by molar-refractivity contribution is 5.70. The summed E-state index contributed by atoms with van der Waals surface area (Å²) in [4.78, 5) is 18.3. The summed E-state index contributed by atoms with van der Waals surface area (Å²) in [5, 5.41) is 12.3. The Kier molecular flexibility index (Phi) is 3.71. The zero-order chi connectivity index (χ0) is 12.3. The summed E-state index contributed by atoms with van der Waals surface area (Å²) in [5.41, 5.74) is 2.50. The third-order valence-corrected chi connectivity index (χ3v) is 3.10. The molecule has 0 saturated carbocycles. The van der Waals surface area contributed by atoms with Crippen LogP contribution in [-0.2, 0) is 6.42 Å². The number of aliphatic hydroxyl groups is 1. The van der Waals surface area contributed by atoms with Crippen LogP contribution in [0.5, 0.6) is 0 Å². The van der Waals surface area contributed by atoms with Crippen molar-refractivity contribution in [1.29, 1.82) is 0 Å². The molecule has 1 aliphatic carbocycles. The van der Waals surface area contributed by atoms with E-state index in [-0.39, 0.29) is 18.2 Å². The molecule has 92 valence electrons. The van der Waals surface area contributed by atoms with Crippen molar-refractivity contribution in [2.24, 2.45) is 0 Å². The number of hydrogen-bond acceptors (Lipinski definition) is 4. The summed E-state index contributed by atoms with van der Waals surface area (Å²) in [6.45, 7) is 2.79. The molecule has 5 heteroatoms. The third-order valence-electron chi connectivity index (χ3n) is 3.10. The maximum Gasteiger partial charge on any atom is 0.254 e. The summed E-state index contributed by atoms with van der Waals surface area (Å²) in [6, 6.07) is 0.0990. The van der Waals surface area contributed by atoms with E-state index in [0.29, 0.717) is 13.0 Å². The van der Waals surface area contributed by atoms with Gasteiger partial charge in [0.2, 0.25) is 0 Å². The van der Waals surface area contributed by atoms with E-state index in [9.17, 15) is 4.79 Å². The van der Waals surface area contributed by atoms with Crippen LogP contribution in [0.3, 0.4) is 0 Å². The Balaban J connectivity index is 2.07. The SMILES string of the molecule is CCC(CO)NCC1=CCc2c1nc[nH]c2=O. The molecule has 1 aromatic heterocycles. The second-order valence-electron chi connectivity index (χ2n) is 4.16. The standard InChI is InChI=1S/C12H17N3O2/c1-2-9(6-16)13-5-8-3-4-10-11(8)14-7-15-12(10)17/h3,7,9,13,16H,2,4-6H2,1H3,(H,14,15,17). The topological polar surface area (TPSA) is 78.0 Å². The third kappa shape index (κ3) is 2.45. The molecule has 0 fully saturated rings. The Labute approximate surface area is 99.6 Å². The molecule has 3 N–H and O–H groups in total. The number of aliphatic hydroxyl groups excluding tert-OH is 1. The van der Waals surface area contributed by atoms with Gasteiger partial charge in [-0.2, -0.15) is 0 Å². The monoisotopic (exact) mass is 235 g/mol. The van der Waals surface area contributed by atoms with Crippen molar-refractivity contribution >= 4 is 5.57 Å². The minimum absolute atomic E-state index is 0.0598. The highest BCUT2D eigenvalue weighted by Crippen LogP contribution is 2.21. The maximum atomic E-state index is 11.5. The molecule has 5 nitrogen and oxygen atoms in total. The van der Waals surface area contributed by atoms with Gasteiger partial charge in [-0.05, 0) is 18.4 Å². The average Bonchev–Trinajstić information content (AvgIpc) is 2.75. The van der Waals surface area contributed by atoms with E-state index in [1.807, 2.05) is 13.0 Å². The zero-order valence-electron chi connectivity index (χ0n) is 9.86. The van der Waals surface area contributed by atoms with Gasteiger partial charge in [0.05, 0.1) is 18.6 Å². The maximum absolute atomic E-state index is 11.5. The molecule has 0 aromatic carbocycles. The highest BCUT2D eigenvalue weighted by Gasteiger charge is 2.18. The number of H-pyrrole nitrogens is 1. The first-order valence-electron chi connectivity index (χ1n) is 5.86. The van der Waals surface area contributed by atoms with Gasteiger partial charge in [-0.15, -0.1) is 0 Å². The van der Waals surface area contributed by atoms with E-state index in [0.717, 1.165) is 23.3 Å². The lowest BCUT2D eigenvalue weighted by atomic mass is 10.1. The first kappa shape index (κ1) is 12.0. The largest absolute Gasteiger partial charge is 0.395 e. The van der Waals surface area contributed by atoms with Crippen LogP contribution >= 0.6 is 0 Å². The first-order chi connectivity index (χ1) is 8.26. The van der Waals surface area contributed by atoms with Crippen LogP contribution in [0, 0.1) is 0 Å². The van der Waals surface area contributed by atoms with E-state index in [1.54, 1.807) is 0 Å². The summed E-state index contributed by atoms with van der Waals surface area (Å²) in [6.07, 6.45) is 4.97. The van der Waals surface area contributed by atoms with Crippen LogP contribution in [-0.4, -0.2) is 34.3 Å². The second kappa shape index (κ2) is 5.25. The fourth-order valence-corrected chi connectivity index (χ4v) is 1.96. The van der Waals surface area contributed by atoms with Gasteiger partial charge < -0.3 is 15.4 Å². The Bertz CT molecular complexity index is 475. The van der Waals surface area contributed by atoms with Gasteiger partial charge in [-0.3, -0.25) is 4.79 Å². The van der Waals surface area contributed by atoms with Crippen LogP contribution in [0.15, 0.2) is 17.2 Å².